The zero-order valence-corrected chi connectivity index (χ0v) is 15.4. The highest BCUT2D eigenvalue weighted by Gasteiger charge is 2.29. The Bertz CT molecular complexity index is 862. The van der Waals surface area contributed by atoms with E-state index in [0.29, 0.717) is 18.2 Å². The van der Waals surface area contributed by atoms with E-state index in [-0.39, 0.29) is 0 Å². The molecule has 3 heterocycles. The molecule has 1 aliphatic rings. The highest BCUT2D eigenvalue weighted by molar-refractivity contribution is 7.10. The van der Waals surface area contributed by atoms with Gasteiger partial charge in [-0.2, -0.15) is 5.26 Å². The van der Waals surface area contributed by atoms with Crippen molar-refractivity contribution in [3.63, 3.8) is 0 Å². The summed E-state index contributed by atoms with van der Waals surface area (Å²) in [5.41, 5.74) is 2.11. The maximum atomic E-state index is 8.86. The summed E-state index contributed by atoms with van der Waals surface area (Å²) in [5, 5.41) is 13.2. The van der Waals surface area contributed by atoms with Crippen molar-refractivity contribution in [2.75, 3.05) is 19.7 Å². The van der Waals surface area contributed by atoms with E-state index in [4.69, 9.17) is 10.00 Å². The second-order valence-electron chi connectivity index (χ2n) is 5.99. The Kier molecular flexibility index (Phi) is 4.84. The highest BCUT2D eigenvalue weighted by Crippen LogP contribution is 2.39. The lowest BCUT2D eigenvalue weighted by atomic mass is 9.98. The molecule has 1 unspecified atom stereocenters. The van der Waals surface area contributed by atoms with Crippen molar-refractivity contribution >= 4 is 22.7 Å². The molecular formula is C20H18N2OS2. The average molecular weight is 367 g/mol. The van der Waals surface area contributed by atoms with Gasteiger partial charge in [0.1, 0.15) is 12.4 Å². The summed E-state index contributed by atoms with van der Waals surface area (Å²) in [6.45, 7) is 2.60. The molecule has 0 saturated carbocycles. The van der Waals surface area contributed by atoms with E-state index >= 15 is 0 Å². The largest absolute Gasteiger partial charge is 0.492 e. The van der Waals surface area contributed by atoms with Crippen molar-refractivity contribution in [3.8, 4) is 11.8 Å². The van der Waals surface area contributed by atoms with Crippen LogP contribution in [0.3, 0.4) is 0 Å². The van der Waals surface area contributed by atoms with E-state index in [0.717, 1.165) is 25.3 Å². The number of rotatable bonds is 5. The lowest BCUT2D eigenvalue weighted by Gasteiger charge is -2.35. The van der Waals surface area contributed by atoms with Crippen LogP contribution in [0.5, 0.6) is 5.75 Å². The third kappa shape index (κ3) is 3.47. The second kappa shape index (κ2) is 7.40. The number of benzene rings is 1. The molecule has 0 spiro atoms. The van der Waals surface area contributed by atoms with Crippen LogP contribution < -0.4 is 4.74 Å². The first kappa shape index (κ1) is 16.3. The number of hydrogen-bond donors (Lipinski definition) is 0. The quantitative estimate of drug-likeness (QED) is 0.656. The fourth-order valence-electron chi connectivity index (χ4n) is 3.30. The fourth-order valence-corrected chi connectivity index (χ4v) is 5.08. The molecule has 0 saturated heterocycles. The van der Waals surface area contributed by atoms with Gasteiger partial charge in [-0.25, -0.2) is 0 Å². The molecule has 0 bridgehead atoms. The lowest BCUT2D eigenvalue weighted by Crippen LogP contribution is -2.37. The Morgan fingerprint density at radius 2 is 2.00 bits per heavy atom. The molecule has 1 atom stereocenters. The topological polar surface area (TPSA) is 36.3 Å². The van der Waals surface area contributed by atoms with Gasteiger partial charge < -0.3 is 4.74 Å². The Labute approximate surface area is 155 Å². The number of fused-ring (bicyclic) bond motifs is 1. The van der Waals surface area contributed by atoms with Gasteiger partial charge in [-0.15, -0.1) is 22.7 Å². The van der Waals surface area contributed by atoms with E-state index in [9.17, 15) is 0 Å². The van der Waals surface area contributed by atoms with Crippen molar-refractivity contribution < 1.29 is 4.74 Å². The molecule has 0 radical (unpaired) electrons. The van der Waals surface area contributed by atoms with E-state index in [1.807, 2.05) is 34.8 Å². The first-order valence-electron chi connectivity index (χ1n) is 8.32. The van der Waals surface area contributed by atoms with Crippen molar-refractivity contribution in [3.05, 3.63) is 74.1 Å². The molecule has 0 N–H and O–H groups in total. The van der Waals surface area contributed by atoms with Crippen LogP contribution in [0.25, 0.3) is 0 Å². The molecular weight excluding hydrogens is 348 g/mol. The summed E-state index contributed by atoms with van der Waals surface area (Å²) < 4.78 is 5.90. The Morgan fingerprint density at radius 3 is 2.76 bits per heavy atom. The predicted octanol–water partition coefficient (Wildman–Crippen LogP) is 4.71. The maximum Gasteiger partial charge on any atom is 0.119 e. The highest BCUT2D eigenvalue weighted by atomic mass is 32.1. The van der Waals surface area contributed by atoms with Gasteiger partial charge in [-0.1, -0.05) is 6.07 Å². The van der Waals surface area contributed by atoms with Crippen LogP contribution in [0.15, 0.2) is 53.2 Å². The van der Waals surface area contributed by atoms with Crippen LogP contribution in [-0.4, -0.2) is 24.6 Å². The summed E-state index contributed by atoms with van der Waals surface area (Å²) in [4.78, 5) is 5.44. The Balaban J connectivity index is 1.45. The van der Waals surface area contributed by atoms with Gasteiger partial charge in [0.25, 0.3) is 0 Å². The van der Waals surface area contributed by atoms with Crippen molar-refractivity contribution in [2.45, 2.75) is 12.5 Å². The lowest BCUT2D eigenvalue weighted by molar-refractivity contribution is 0.173. The predicted molar refractivity (Wildman–Crippen MR) is 102 cm³/mol. The number of hydrogen-bond acceptors (Lipinski definition) is 5. The standard InChI is InChI=1S/C20H18N2OS2/c21-14-15-3-5-16(6-4-15)23-11-10-22-9-7-18-17(8-13-25-18)20(22)19-2-1-12-24-19/h1-6,8,12-13,20H,7,9-11H2. The Hall–Kier alpha value is -2.13. The normalized spacial score (nSPS) is 17.0. The molecule has 0 fully saturated rings. The molecule has 3 aromatic rings. The summed E-state index contributed by atoms with van der Waals surface area (Å²) in [7, 11) is 0. The zero-order chi connectivity index (χ0) is 17.1. The van der Waals surface area contributed by atoms with E-state index in [2.05, 4.69) is 39.9 Å². The van der Waals surface area contributed by atoms with Gasteiger partial charge >= 0.3 is 0 Å². The number of nitrogens with zero attached hydrogens (tertiary/aromatic N) is 2. The second-order valence-corrected chi connectivity index (χ2v) is 7.97. The van der Waals surface area contributed by atoms with Gasteiger partial charge in [-0.05, 0) is 59.1 Å². The molecule has 1 aliphatic heterocycles. The van der Waals surface area contributed by atoms with Crippen LogP contribution in [0.1, 0.15) is 26.9 Å². The molecule has 5 heteroatoms. The first-order valence-corrected chi connectivity index (χ1v) is 10.1. The van der Waals surface area contributed by atoms with Crippen molar-refractivity contribution in [1.29, 1.82) is 5.26 Å². The molecule has 126 valence electrons. The van der Waals surface area contributed by atoms with Crippen LogP contribution in [0.4, 0.5) is 0 Å². The monoisotopic (exact) mass is 366 g/mol. The van der Waals surface area contributed by atoms with Crippen molar-refractivity contribution in [2.24, 2.45) is 0 Å². The summed E-state index contributed by atoms with van der Waals surface area (Å²) in [6.07, 6.45) is 1.12. The van der Waals surface area contributed by atoms with Crippen LogP contribution >= 0.6 is 22.7 Å². The summed E-state index contributed by atoms with van der Waals surface area (Å²) in [6, 6.07) is 16.4. The first-order chi connectivity index (χ1) is 12.3. The molecule has 0 amide bonds. The number of thiophene rings is 2. The fraction of sp³-hybridized carbons (Fsp3) is 0.250. The molecule has 3 nitrogen and oxygen atoms in total. The minimum Gasteiger partial charge on any atom is -0.492 e. The molecule has 0 aliphatic carbocycles. The third-order valence-corrected chi connectivity index (χ3v) is 6.43. The molecule has 2 aromatic heterocycles. The van der Waals surface area contributed by atoms with Crippen LogP contribution in [0.2, 0.25) is 0 Å². The summed E-state index contributed by atoms with van der Waals surface area (Å²) in [5.74, 6) is 0.819. The third-order valence-electron chi connectivity index (χ3n) is 4.51. The smallest absolute Gasteiger partial charge is 0.119 e. The van der Waals surface area contributed by atoms with Gasteiger partial charge in [-0.3, -0.25) is 4.90 Å². The summed E-state index contributed by atoms with van der Waals surface area (Å²) >= 11 is 3.70. The number of ether oxygens (including phenoxy) is 1. The minimum absolute atomic E-state index is 0.347. The molecule has 1 aromatic carbocycles. The average Bonchev–Trinajstić information content (AvgIpc) is 3.33. The van der Waals surface area contributed by atoms with Gasteiger partial charge in [0, 0.05) is 22.8 Å². The minimum atomic E-state index is 0.347. The van der Waals surface area contributed by atoms with Gasteiger partial charge in [0.2, 0.25) is 0 Å². The maximum absolute atomic E-state index is 8.86. The molecule has 4 rings (SSSR count). The van der Waals surface area contributed by atoms with Crippen LogP contribution in [-0.2, 0) is 6.42 Å². The van der Waals surface area contributed by atoms with Gasteiger partial charge in [0.15, 0.2) is 0 Å². The van der Waals surface area contributed by atoms with E-state index in [1.54, 1.807) is 12.1 Å². The van der Waals surface area contributed by atoms with E-state index in [1.165, 1.54) is 15.3 Å². The van der Waals surface area contributed by atoms with Crippen LogP contribution in [0, 0.1) is 11.3 Å². The molecule has 25 heavy (non-hydrogen) atoms. The Morgan fingerprint density at radius 1 is 1.12 bits per heavy atom. The SMILES string of the molecule is N#Cc1ccc(OCCN2CCc3sccc3C2c2cccs2)cc1. The van der Waals surface area contributed by atoms with E-state index < -0.39 is 0 Å². The van der Waals surface area contributed by atoms with Gasteiger partial charge in [0.05, 0.1) is 17.7 Å². The number of nitriles is 1. The van der Waals surface area contributed by atoms with Crippen molar-refractivity contribution in [1.82, 2.24) is 4.90 Å². The zero-order valence-electron chi connectivity index (χ0n) is 13.7.